The average molecular weight is 322 g/mol. The van der Waals surface area contributed by atoms with E-state index in [1.807, 2.05) is 49.4 Å². The van der Waals surface area contributed by atoms with Gasteiger partial charge in [0.05, 0.1) is 5.92 Å². The normalized spacial score (nSPS) is 15.7. The highest BCUT2D eigenvalue weighted by Gasteiger charge is 2.26. The zero-order valence-corrected chi connectivity index (χ0v) is 13.9. The molecule has 0 amide bonds. The van der Waals surface area contributed by atoms with Crippen molar-refractivity contribution in [1.82, 2.24) is 0 Å². The van der Waals surface area contributed by atoms with E-state index in [1.165, 1.54) is 0 Å². The average Bonchev–Trinajstić information content (AvgIpc) is 2.61. The largest absolute Gasteiger partial charge is 0.348 e. The highest BCUT2D eigenvalue weighted by Crippen LogP contribution is 2.33. The van der Waals surface area contributed by atoms with Crippen molar-refractivity contribution >= 4 is 5.69 Å². The lowest BCUT2D eigenvalue weighted by molar-refractivity contribution is -0.482. The Kier molecular flexibility index (Phi) is 4.94. The van der Waals surface area contributed by atoms with Gasteiger partial charge in [0.15, 0.2) is 0 Å². The molecule has 0 saturated heterocycles. The molecule has 1 aliphatic rings. The molecule has 0 saturated carbocycles. The van der Waals surface area contributed by atoms with Crippen LogP contribution >= 0.6 is 0 Å². The second-order valence-corrected chi connectivity index (χ2v) is 6.26. The Hall–Kier alpha value is -2.62. The summed E-state index contributed by atoms with van der Waals surface area (Å²) < 4.78 is 0. The first-order valence-corrected chi connectivity index (χ1v) is 8.35. The molecule has 124 valence electrons. The quantitative estimate of drug-likeness (QED) is 0.600. The summed E-state index contributed by atoms with van der Waals surface area (Å²) >= 11 is 0. The van der Waals surface area contributed by atoms with E-state index in [0.717, 1.165) is 41.8 Å². The van der Waals surface area contributed by atoms with Crippen molar-refractivity contribution in [2.45, 2.75) is 25.7 Å². The molecule has 0 fully saturated rings. The van der Waals surface area contributed by atoms with E-state index >= 15 is 0 Å². The van der Waals surface area contributed by atoms with E-state index in [9.17, 15) is 10.1 Å². The van der Waals surface area contributed by atoms with E-state index in [4.69, 9.17) is 0 Å². The maximum Gasteiger partial charge on any atom is 0.214 e. The molecule has 0 N–H and O–H groups in total. The van der Waals surface area contributed by atoms with Gasteiger partial charge in [0.2, 0.25) is 6.54 Å². The fraction of sp³-hybridized carbons (Fsp3) is 0.300. The zero-order chi connectivity index (χ0) is 16.9. The van der Waals surface area contributed by atoms with Crippen molar-refractivity contribution in [3.63, 3.8) is 0 Å². The van der Waals surface area contributed by atoms with Gasteiger partial charge in [-0.05, 0) is 48.6 Å². The molecule has 0 bridgehead atoms. The molecule has 0 spiro atoms. The van der Waals surface area contributed by atoms with Crippen LogP contribution in [-0.4, -0.2) is 18.0 Å². The van der Waals surface area contributed by atoms with Crippen LogP contribution in [0.1, 0.15) is 29.9 Å². The predicted octanol–water partition coefficient (Wildman–Crippen LogP) is 4.54. The summed E-state index contributed by atoms with van der Waals surface area (Å²) in [6.07, 6.45) is 4.05. The lowest BCUT2D eigenvalue weighted by atomic mass is 9.85. The molecule has 1 heterocycles. The molecule has 4 heteroatoms. The van der Waals surface area contributed by atoms with Gasteiger partial charge in [0.1, 0.15) is 0 Å². The van der Waals surface area contributed by atoms with Crippen LogP contribution in [0.4, 0.5) is 5.69 Å². The molecule has 2 aromatic rings. The molecule has 2 aromatic carbocycles. The van der Waals surface area contributed by atoms with Gasteiger partial charge in [0, 0.05) is 23.4 Å². The smallest absolute Gasteiger partial charge is 0.214 e. The van der Waals surface area contributed by atoms with E-state index in [1.54, 1.807) is 0 Å². The number of benzene rings is 2. The minimum absolute atomic E-state index is 0.0562. The highest BCUT2D eigenvalue weighted by molar-refractivity contribution is 5.51. The maximum atomic E-state index is 11.3. The van der Waals surface area contributed by atoms with Crippen LogP contribution in [0.3, 0.4) is 0 Å². The van der Waals surface area contributed by atoms with Crippen molar-refractivity contribution in [2.75, 3.05) is 18.0 Å². The van der Waals surface area contributed by atoms with Crippen LogP contribution in [-0.2, 0) is 0 Å². The molecular formula is C20H22N2O2. The summed E-state index contributed by atoms with van der Waals surface area (Å²) in [6, 6.07) is 18.2. The van der Waals surface area contributed by atoms with Gasteiger partial charge >= 0.3 is 0 Å². The first-order valence-electron chi connectivity index (χ1n) is 8.35. The third-order valence-electron chi connectivity index (χ3n) is 4.62. The maximum absolute atomic E-state index is 11.3. The van der Waals surface area contributed by atoms with Gasteiger partial charge in [-0.3, -0.25) is 10.1 Å². The van der Waals surface area contributed by atoms with E-state index in [2.05, 4.69) is 23.2 Å². The van der Waals surface area contributed by atoms with Crippen molar-refractivity contribution in [2.24, 2.45) is 0 Å². The van der Waals surface area contributed by atoms with Crippen molar-refractivity contribution in [3.05, 3.63) is 87.6 Å². The molecule has 1 aliphatic heterocycles. The zero-order valence-electron chi connectivity index (χ0n) is 13.9. The van der Waals surface area contributed by atoms with Crippen LogP contribution in [0.25, 0.3) is 0 Å². The standard InChI is InChI=1S/C20H22N2O2/c1-16-8-5-6-12-19(16)20(15-22(23)24)17-9-7-13-21(14-17)18-10-3-2-4-11-18/h2-6,8,10-12,14,20H,7,9,13,15H2,1H3. The lowest BCUT2D eigenvalue weighted by Crippen LogP contribution is -2.26. The van der Waals surface area contributed by atoms with E-state index in [0.29, 0.717) is 0 Å². The van der Waals surface area contributed by atoms with Gasteiger partial charge < -0.3 is 4.90 Å². The molecule has 1 unspecified atom stereocenters. The molecule has 3 rings (SSSR count). The monoisotopic (exact) mass is 322 g/mol. The summed E-state index contributed by atoms with van der Waals surface area (Å²) in [5, 5.41) is 11.3. The van der Waals surface area contributed by atoms with Gasteiger partial charge in [-0.15, -0.1) is 0 Å². The Morgan fingerprint density at radius 1 is 1.12 bits per heavy atom. The van der Waals surface area contributed by atoms with Crippen LogP contribution < -0.4 is 4.90 Å². The number of nitrogens with zero attached hydrogens (tertiary/aromatic N) is 2. The first kappa shape index (κ1) is 16.2. The van der Waals surface area contributed by atoms with Crippen molar-refractivity contribution in [1.29, 1.82) is 0 Å². The SMILES string of the molecule is Cc1ccccc1C(C[N+](=O)[O-])C1=CN(c2ccccc2)CCC1. The molecular weight excluding hydrogens is 300 g/mol. The number of hydrogen-bond acceptors (Lipinski definition) is 3. The Bertz CT molecular complexity index is 740. The minimum atomic E-state index is -0.195. The highest BCUT2D eigenvalue weighted by atomic mass is 16.6. The summed E-state index contributed by atoms with van der Waals surface area (Å²) in [6.45, 7) is 2.92. The summed E-state index contributed by atoms with van der Waals surface area (Å²) in [5.41, 5.74) is 4.47. The Morgan fingerprint density at radius 3 is 2.54 bits per heavy atom. The van der Waals surface area contributed by atoms with Gasteiger partial charge in [-0.1, -0.05) is 42.5 Å². The summed E-state index contributed by atoms with van der Waals surface area (Å²) in [7, 11) is 0. The van der Waals surface area contributed by atoms with E-state index in [-0.39, 0.29) is 17.4 Å². The Labute approximate surface area is 142 Å². The van der Waals surface area contributed by atoms with Crippen LogP contribution in [0.2, 0.25) is 0 Å². The minimum Gasteiger partial charge on any atom is -0.348 e. The number of anilines is 1. The number of rotatable bonds is 5. The number of aryl methyl sites for hydroxylation is 1. The summed E-state index contributed by atoms with van der Waals surface area (Å²) in [5.74, 6) is -0.160. The third-order valence-corrected chi connectivity index (χ3v) is 4.62. The van der Waals surface area contributed by atoms with Crippen molar-refractivity contribution in [3.8, 4) is 0 Å². The number of para-hydroxylation sites is 1. The fourth-order valence-corrected chi connectivity index (χ4v) is 3.41. The van der Waals surface area contributed by atoms with E-state index < -0.39 is 0 Å². The fourth-order valence-electron chi connectivity index (χ4n) is 3.41. The summed E-state index contributed by atoms with van der Waals surface area (Å²) in [4.78, 5) is 13.3. The molecule has 0 radical (unpaired) electrons. The molecule has 24 heavy (non-hydrogen) atoms. The molecule has 4 nitrogen and oxygen atoms in total. The van der Waals surface area contributed by atoms with Gasteiger partial charge in [-0.2, -0.15) is 0 Å². The van der Waals surface area contributed by atoms with Crippen LogP contribution in [0, 0.1) is 17.0 Å². The molecule has 0 aromatic heterocycles. The topological polar surface area (TPSA) is 46.4 Å². The number of nitro groups is 1. The third kappa shape index (κ3) is 3.65. The molecule has 0 aliphatic carbocycles. The van der Waals surface area contributed by atoms with Crippen molar-refractivity contribution < 1.29 is 4.92 Å². The number of hydrogen-bond donors (Lipinski definition) is 0. The Morgan fingerprint density at radius 2 is 1.83 bits per heavy atom. The molecule has 1 atom stereocenters. The van der Waals surface area contributed by atoms with Crippen LogP contribution in [0.5, 0.6) is 0 Å². The second-order valence-electron chi connectivity index (χ2n) is 6.26. The van der Waals surface area contributed by atoms with Gasteiger partial charge in [0.25, 0.3) is 0 Å². The Balaban J connectivity index is 1.96. The predicted molar refractivity (Wildman–Crippen MR) is 96.9 cm³/mol. The second kappa shape index (κ2) is 7.30. The van der Waals surface area contributed by atoms with Crippen LogP contribution in [0.15, 0.2) is 66.4 Å². The lowest BCUT2D eigenvalue weighted by Gasteiger charge is -2.30. The van der Waals surface area contributed by atoms with Gasteiger partial charge in [-0.25, -0.2) is 0 Å². The first-order chi connectivity index (χ1) is 11.6.